The molecule has 0 saturated heterocycles. The van der Waals surface area contributed by atoms with Crippen molar-refractivity contribution in [2.24, 2.45) is 0 Å². The Morgan fingerprint density at radius 2 is 1.19 bits per heavy atom. The molecule has 1 saturated carbocycles. The van der Waals surface area contributed by atoms with Crippen molar-refractivity contribution < 1.29 is 13.3 Å². The molecule has 26 heavy (non-hydrogen) atoms. The molecular weight excluding hydrogens is 358 g/mol. The number of nitrogens with zero attached hydrogens (tertiary/aromatic N) is 1. The van der Waals surface area contributed by atoms with E-state index in [2.05, 4.69) is 46.1 Å². The first-order valence-corrected chi connectivity index (χ1v) is 14.7. The van der Waals surface area contributed by atoms with Crippen LogP contribution >= 0.6 is 0 Å². The van der Waals surface area contributed by atoms with Gasteiger partial charge in [-0.1, -0.05) is 60.8 Å². The third-order valence-corrected chi connectivity index (χ3v) is 16.7. The van der Waals surface area contributed by atoms with Gasteiger partial charge in [0.15, 0.2) is 0 Å². The second-order valence-corrected chi connectivity index (χ2v) is 17.8. The number of hydrogen-bond donors (Lipinski definition) is 0. The smallest absolute Gasteiger partial charge is 0.377 e. The molecule has 156 valence electrons. The molecular formula is C20H45NO3Si2. The van der Waals surface area contributed by atoms with Crippen LogP contribution in [0.1, 0.15) is 73.6 Å². The molecule has 0 heterocycles. The van der Waals surface area contributed by atoms with Crippen LogP contribution in [0.2, 0.25) is 22.7 Å². The van der Waals surface area contributed by atoms with Gasteiger partial charge >= 0.3 is 8.80 Å². The highest BCUT2D eigenvalue weighted by Crippen LogP contribution is 2.46. The molecule has 0 bridgehead atoms. The van der Waals surface area contributed by atoms with Gasteiger partial charge in [0, 0.05) is 33.4 Å². The standard InChI is InChI=1S/C20H45NO3Si2/c1-17(2)26(18(3)4,19(5)6)21(20-13-11-10-12-14-20)15-16-25(22-7,23-8)24-9/h17-20H,10-16H2,1-9H3. The van der Waals surface area contributed by atoms with E-state index < -0.39 is 17.0 Å². The molecule has 4 nitrogen and oxygen atoms in total. The van der Waals surface area contributed by atoms with Crippen LogP contribution in [0.25, 0.3) is 0 Å². The van der Waals surface area contributed by atoms with E-state index >= 15 is 0 Å². The molecule has 1 fully saturated rings. The van der Waals surface area contributed by atoms with Gasteiger partial charge in [-0.3, -0.25) is 0 Å². The van der Waals surface area contributed by atoms with Gasteiger partial charge in [-0.15, -0.1) is 0 Å². The van der Waals surface area contributed by atoms with Crippen LogP contribution in [0.5, 0.6) is 0 Å². The lowest BCUT2D eigenvalue weighted by atomic mass is 9.95. The summed E-state index contributed by atoms with van der Waals surface area (Å²) in [4.78, 5) is 0. The van der Waals surface area contributed by atoms with Crippen molar-refractivity contribution >= 4 is 17.0 Å². The highest BCUT2D eigenvalue weighted by Gasteiger charge is 2.51. The van der Waals surface area contributed by atoms with Crippen LogP contribution in [0, 0.1) is 0 Å². The van der Waals surface area contributed by atoms with Gasteiger partial charge in [-0.2, -0.15) is 0 Å². The van der Waals surface area contributed by atoms with Crippen molar-refractivity contribution in [3.63, 3.8) is 0 Å². The maximum atomic E-state index is 5.75. The van der Waals surface area contributed by atoms with Crippen molar-refractivity contribution in [2.45, 2.75) is 102 Å². The minimum absolute atomic E-state index is 0.722. The Morgan fingerprint density at radius 3 is 1.54 bits per heavy atom. The molecule has 0 aromatic carbocycles. The molecule has 0 spiro atoms. The summed E-state index contributed by atoms with van der Waals surface area (Å²) in [7, 11) is 0.975. The zero-order chi connectivity index (χ0) is 20.0. The maximum Gasteiger partial charge on any atom is 0.501 e. The van der Waals surface area contributed by atoms with E-state index in [-0.39, 0.29) is 0 Å². The first-order chi connectivity index (χ1) is 12.2. The summed E-state index contributed by atoms with van der Waals surface area (Å²) in [6.07, 6.45) is 6.85. The highest BCUT2D eigenvalue weighted by atomic mass is 28.4. The van der Waals surface area contributed by atoms with Crippen LogP contribution < -0.4 is 0 Å². The van der Waals surface area contributed by atoms with Gasteiger partial charge in [0.2, 0.25) is 0 Å². The monoisotopic (exact) mass is 403 g/mol. The SMILES string of the molecule is CO[Si](CCN(C1CCCCC1)[Si](C(C)C)(C(C)C)C(C)C)(OC)OC. The van der Waals surface area contributed by atoms with E-state index in [0.717, 1.165) is 35.3 Å². The van der Waals surface area contributed by atoms with Gasteiger partial charge in [-0.25, -0.2) is 0 Å². The zero-order valence-electron chi connectivity index (χ0n) is 18.9. The number of rotatable bonds is 11. The second kappa shape index (κ2) is 10.7. The lowest BCUT2D eigenvalue weighted by molar-refractivity contribution is 0.118. The summed E-state index contributed by atoms with van der Waals surface area (Å²) in [5.74, 6) is 0. The molecule has 0 N–H and O–H groups in total. The lowest BCUT2D eigenvalue weighted by Gasteiger charge is -2.55. The molecule has 0 aromatic heterocycles. The van der Waals surface area contributed by atoms with E-state index in [1.165, 1.54) is 32.1 Å². The summed E-state index contributed by atoms with van der Waals surface area (Å²) in [6.45, 7) is 15.9. The largest absolute Gasteiger partial charge is 0.501 e. The fourth-order valence-electron chi connectivity index (χ4n) is 5.89. The molecule has 1 rings (SSSR count). The third kappa shape index (κ3) is 5.00. The van der Waals surface area contributed by atoms with Crippen LogP contribution in [0.4, 0.5) is 0 Å². The normalized spacial score (nSPS) is 17.9. The predicted octanol–water partition coefficient (Wildman–Crippen LogP) is 5.67. The summed E-state index contributed by atoms with van der Waals surface area (Å²) in [5, 5.41) is 0. The Morgan fingerprint density at radius 1 is 0.769 bits per heavy atom. The Kier molecular flexibility index (Phi) is 10.0. The number of hydrogen-bond acceptors (Lipinski definition) is 4. The van der Waals surface area contributed by atoms with Gasteiger partial charge in [0.1, 0.15) is 8.24 Å². The van der Waals surface area contributed by atoms with E-state index in [1.54, 1.807) is 21.3 Å². The molecule has 0 aromatic rings. The van der Waals surface area contributed by atoms with Crippen molar-refractivity contribution in [1.29, 1.82) is 0 Å². The van der Waals surface area contributed by atoms with Crippen molar-refractivity contribution in [1.82, 2.24) is 4.57 Å². The highest BCUT2D eigenvalue weighted by molar-refractivity contribution is 6.81. The summed E-state index contributed by atoms with van der Waals surface area (Å²) in [5.41, 5.74) is 2.19. The van der Waals surface area contributed by atoms with Gasteiger partial charge in [0.25, 0.3) is 0 Å². The molecule has 0 atom stereocenters. The molecule has 0 unspecified atom stereocenters. The Balaban J connectivity index is 3.25. The van der Waals surface area contributed by atoms with Crippen LogP contribution in [0.15, 0.2) is 0 Å². The molecule has 0 amide bonds. The van der Waals surface area contributed by atoms with E-state index in [9.17, 15) is 0 Å². The minimum atomic E-state index is -2.55. The van der Waals surface area contributed by atoms with Gasteiger partial charge in [0.05, 0.1) is 0 Å². The third-order valence-electron chi connectivity index (χ3n) is 6.88. The second-order valence-electron chi connectivity index (χ2n) is 8.88. The van der Waals surface area contributed by atoms with Gasteiger partial charge in [-0.05, 0) is 36.0 Å². The molecule has 1 aliphatic rings. The van der Waals surface area contributed by atoms with E-state index in [0.29, 0.717) is 0 Å². The fourth-order valence-corrected chi connectivity index (χ4v) is 15.1. The fraction of sp³-hybridized carbons (Fsp3) is 1.00. The Hall–Kier alpha value is 0.274. The van der Waals surface area contributed by atoms with E-state index in [4.69, 9.17) is 13.3 Å². The molecule has 1 aliphatic carbocycles. The van der Waals surface area contributed by atoms with Crippen molar-refractivity contribution in [2.75, 3.05) is 27.9 Å². The predicted molar refractivity (Wildman–Crippen MR) is 116 cm³/mol. The zero-order valence-corrected chi connectivity index (χ0v) is 20.9. The maximum absolute atomic E-state index is 5.75. The summed E-state index contributed by atoms with van der Waals surface area (Å²) in [6, 6.07) is 1.60. The lowest BCUT2D eigenvalue weighted by Crippen LogP contribution is -2.64. The molecule has 0 aliphatic heterocycles. The summed E-state index contributed by atoms with van der Waals surface area (Å²) >= 11 is 0. The first-order valence-electron chi connectivity index (χ1n) is 10.6. The average Bonchev–Trinajstić information content (AvgIpc) is 2.62. The van der Waals surface area contributed by atoms with Crippen LogP contribution in [-0.2, 0) is 13.3 Å². The van der Waals surface area contributed by atoms with Crippen molar-refractivity contribution in [3.05, 3.63) is 0 Å². The first kappa shape index (κ1) is 24.3. The molecule has 6 heteroatoms. The van der Waals surface area contributed by atoms with Crippen LogP contribution in [0.3, 0.4) is 0 Å². The quantitative estimate of drug-likeness (QED) is 0.416. The molecule has 0 radical (unpaired) electrons. The summed E-state index contributed by atoms with van der Waals surface area (Å²) < 4.78 is 20.2. The van der Waals surface area contributed by atoms with Crippen molar-refractivity contribution in [3.8, 4) is 0 Å². The topological polar surface area (TPSA) is 30.9 Å². The Bertz CT molecular complexity index is 364. The van der Waals surface area contributed by atoms with E-state index in [1.807, 2.05) is 0 Å². The van der Waals surface area contributed by atoms with Gasteiger partial charge < -0.3 is 17.8 Å². The van der Waals surface area contributed by atoms with Crippen LogP contribution in [-0.4, -0.2) is 55.5 Å². The average molecular weight is 404 g/mol. The minimum Gasteiger partial charge on any atom is -0.377 e. The Labute approximate surface area is 165 Å².